The fraction of sp³-hybridized carbons (Fsp3) is 0.136. The molecule has 10 heteroatoms. The van der Waals surface area contributed by atoms with Crippen LogP contribution < -0.4 is 4.74 Å². The van der Waals surface area contributed by atoms with Crippen LogP contribution in [0.4, 0.5) is 25.2 Å². The summed E-state index contributed by atoms with van der Waals surface area (Å²) >= 11 is 0. The monoisotopic (exact) mass is 494 g/mol. The number of halogens is 6. The van der Waals surface area contributed by atoms with Gasteiger partial charge in [-0.25, -0.2) is 0 Å². The molecule has 0 aliphatic heterocycles. The van der Waals surface area contributed by atoms with E-state index in [0.29, 0.717) is 5.75 Å². The molecular formula is C22H21F6O2PS. The van der Waals surface area contributed by atoms with Crippen LogP contribution in [0.1, 0.15) is 18.1 Å². The van der Waals surface area contributed by atoms with E-state index in [9.17, 15) is 30.0 Å². The van der Waals surface area contributed by atoms with Crippen molar-refractivity contribution < 1.29 is 34.7 Å². The third kappa shape index (κ3) is 12.4. The van der Waals surface area contributed by atoms with Gasteiger partial charge in [0.1, 0.15) is 17.3 Å². The molecule has 0 unspecified atom stereocenters. The summed E-state index contributed by atoms with van der Waals surface area (Å²) in [5.41, 5.74) is 2.68. The molecule has 0 fully saturated rings. The Labute approximate surface area is 184 Å². The Bertz CT molecular complexity index is 959. The zero-order valence-corrected chi connectivity index (χ0v) is 18.6. The Morgan fingerprint density at radius 2 is 1.09 bits per heavy atom. The van der Waals surface area contributed by atoms with Crippen LogP contribution in [0.5, 0.6) is 5.75 Å². The van der Waals surface area contributed by atoms with Crippen LogP contribution in [0.2, 0.25) is 0 Å². The molecule has 0 saturated heterocycles. The first kappa shape index (κ1) is 25.7. The topological polar surface area (TPSA) is 26.3 Å². The Morgan fingerprint density at radius 3 is 1.44 bits per heavy atom. The van der Waals surface area contributed by atoms with Crippen molar-refractivity contribution in [2.45, 2.75) is 23.3 Å². The third-order valence-electron chi connectivity index (χ3n) is 3.79. The predicted molar refractivity (Wildman–Crippen MR) is 117 cm³/mol. The minimum absolute atomic E-state index is 0.0487. The maximum atomic E-state index is 11.1. The van der Waals surface area contributed by atoms with E-state index in [0.717, 1.165) is 11.5 Å². The van der Waals surface area contributed by atoms with Gasteiger partial charge in [0.05, 0.1) is 0 Å². The molecular weight excluding hydrogens is 473 g/mol. The Hall–Kier alpha value is -2.51. The van der Waals surface area contributed by atoms with Crippen molar-refractivity contribution in [3.8, 4) is 5.75 Å². The summed E-state index contributed by atoms with van der Waals surface area (Å²) in [4.78, 5) is 12.4. The number of carbonyl (C=O) groups is 1. The second kappa shape index (κ2) is 9.55. The summed E-state index contributed by atoms with van der Waals surface area (Å²) in [6, 6.07) is 29.1. The van der Waals surface area contributed by atoms with Gasteiger partial charge in [-0.3, -0.25) is 4.79 Å². The molecule has 32 heavy (non-hydrogen) atoms. The standard InChI is InChI=1S/C22H21O2S.F6P/c1-18(23)24-21-12-14-22(15-13-21)25(16-19-8-4-2-5-9-19)17-20-10-6-3-7-11-20;1-7(2,3,4,5)6/h2-15H,16-17H2,1H3;/q+1;-1. The van der Waals surface area contributed by atoms with Gasteiger partial charge in [0.2, 0.25) is 0 Å². The molecule has 0 spiro atoms. The number of esters is 1. The summed E-state index contributed by atoms with van der Waals surface area (Å²) in [6.45, 7) is 1.42. The number of carbonyl (C=O) groups excluding carboxylic acids is 1. The molecule has 174 valence electrons. The molecule has 0 heterocycles. The third-order valence-corrected chi connectivity index (χ3v) is 6.09. The SMILES string of the molecule is CC(=O)Oc1ccc([S+](Cc2ccccc2)Cc2ccccc2)cc1.F[P-](F)(F)(F)(F)F. The van der Waals surface area contributed by atoms with Crippen LogP contribution in [0.15, 0.2) is 89.8 Å². The van der Waals surface area contributed by atoms with Crippen molar-refractivity contribution in [3.63, 3.8) is 0 Å². The summed E-state index contributed by atoms with van der Waals surface area (Å²) in [6.07, 6.45) is 0. The maximum absolute atomic E-state index is 11.1. The predicted octanol–water partition coefficient (Wildman–Crippen LogP) is 8.37. The van der Waals surface area contributed by atoms with E-state index in [1.54, 1.807) is 0 Å². The van der Waals surface area contributed by atoms with Crippen molar-refractivity contribution >= 4 is 24.7 Å². The second-order valence-electron chi connectivity index (χ2n) is 6.78. The fourth-order valence-electron chi connectivity index (χ4n) is 2.63. The molecule has 0 amide bonds. The summed E-state index contributed by atoms with van der Waals surface area (Å²) in [7, 11) is -10.6. The van der Waals surface area contributed by atoms with Gasteiger partial charge in [-0.2, -0.15) is 0 Å². The molecule has 0 aliphatic carbocycles. The molecule has 0 aliphatic rings. The minimum atomic E-state index is -10.7. The van der Waals surface area contributed by atoms with Crippen molar-refractivity contribution in [2.24, 2.45) is 0 Å². The summed E-state index contributed by atoms with van der Waals surface area (Å²) in [5, 5.41) is 0. The number of hydrogen-bond acceptors (Lipinski definition) is 2. The van der Waals surface area contributed by atoms with E-state index in [1.165, 1.54) is 22.9 Å². The van der Waals surface area contributed by atoms with Gasteiger partial charge < -0.3 is 4.74 Å². The first-order valence-electron chi connectivity index (χ1n) is 9.26. The van der Waals surface area contributed by atoms with Crippen molar-refractivity contribution in [1.82, 2.24) is 0 Å². The quantitative estimate of drug-likeness (QED) is 0.113. The molecule has 0 N–H and O–H groups in total. The first-order chi connectivity index (χ1) is 14.7. The van der Waals surface area contributed by atoms with E-state index in [1.807, 2.05) is 24.3 Å². The zero-order chi connectivity index (χ0) is 23.9. The van der Waals surface area contributed by atoms with Gasteiger partial charge in [-0.1, -0.05) is 60.7 Å². The van der Waals surface area contributed by atoms with Gasteiger partial charge in [0.25, 0.3) is 0 Å². The van der Waals surface area contributed by atoms with E-state index in [-0.39, 0.29) is 16.9 Å². The van der Waals surface area contributed by atoms with Crippen molar-refractivity contribution in [2.75, 3.05) is 0 Å². The molecule has 0 saturated carbocycles. The molecule has 0 atom stereocenters. The number of ether oxygens (including phenoxy) is 1. The van der Waals surface area contributed by atoms with E-state index in [4.69, 9.17) is 4.74 Å². The van der Waals surface area contributed by atoms with Crippen molar-refractivity contribution in [3.05, 3.63) is 96.1 Å². The molecule has 2 nitrogen and oxygen atoms in total. The Balaban J connectivity index is 0.000000451. The number of benzene rings is 3. The van der Waals surface area contributed by atoms with Crippen LogP contribution in [0, 0.1) is 0 Å². The van der Waals surface area contributed by atoms with Crippen molar-refractivity contribution in [1.29, 1.82) is 0 Å². The summed E-state index contributed by atoms with van der Waals surface area (Å²) in [5.74, 6) is 2.31. The average molecular weight is 494 g/mol. The van der Waals surface area contributed by atoms with Gasteiger partial charge in [-0.15, -0.1) is 0 Å². The molecule has 0 aromatic heterocycles. The van der Waals surface area contributed by atoms with Crippen LogP contribution >= 0.6 is 7.81 Å². The van der Waals surface area contributed by atoms with E-state index in [2.05, 4.69) is 60.7 Å². The molecule has 3 aromatic rings. The van der Waals surface area contributed by atoms with Gasteiger partial charge >= 0.3 is 39.0 Å². The van der Waals surface area contributed by atoms with Crippen LogP contribution in [0.3, 0.4) is 0 Å². The van der Waals surface area contributed by atoms with E-state index < -0.39 is 7.81 Å². The molecule has 3 rings (SSSR count). The summed E-state index contributed by atoms with van der Waals surface area (Å²) < 4.78 is 64.3. The van der Waals surface area contributed by atoms with Crippen LogP contribution in [-0.2, 0) is 27.2 Å². The van der Waals surface area contributed by atoms with Crippen LogP contribution in [0.25, 0.3) is 0 Å². The van der Waals surface area contributed by atoms with E-state index >= 15 is 0 Å². The average Bonchev–Trinajstić information content (AvgIpc) is 2.67. The Morgan fingerprint density at radius 1 is 0.719 bits per heavy atom. The first-order valence-corrected chi connectivity index (χ1v) is 12.8. The van der Waals surface area contributed by atoms with Gasteiger partial charge in [-0.05, 0) is 24.3 Å². The van der Waals surface area contributed by atoms with Gasteiger partial charge in [0.15, 0.2) is 4.90 Å². The fourth-order valence-corrected chi connectivity index (χ4v) is 4.78. The molecule has 3 aromatic carbocycles. The zero-order valence-electron chi connectivity index (χ0n) is 16.9. The van der Waals surface area contributed by atoms with Gasteiger partial charge in [0, 0.05) is 28.9 Å². The normalized spacial score (nSPS) is 13.4. The Kier molecular flexibility index (Phi) is 7.68. The second-order valence-corrected chi connectivity index (χ2v) is 10.7. The molecule has 0 radical (unpaired) electrons. The number of rotatable bonds is 6. The number of hydrogen-bond donors (Lipinski definition) is 0. The van der Waals surface area contributed by atoms with Crippen LogP contribution in [-0.4, -0.2) is 5.97 Å². The molecule has 0 bridgehead atoms.